The number of guanidine groups is 1. The van der Waals surface area contributed by atoms with Crippen molar-refractivity contribution in [1.29, 1.82) is 0 Å². The molecule has 7 heteroatoms. The smallest absolute Gasteiger partial charge is 0.191 e. The second-order valence-corrected chi connectivity index (χ2v) is 7.39. The van der Waals surface area contributed by atoms with Crippen LogP contribution in [-0.2, 0) is 4.74 Å². The highest BCUT2D eigenvalue weighted by atomic mass is 127. The minimum Gasteiger partial charge on any atom is -0.379 e. The number of halogens is 1. The maximum atomic E-state index is 5.46. The Hall–Kier alpha value is -0.120. The summed E-state index contributed by atoms with van der Waals surface area (Å²) in [5.74, 6) is 0.936. The summed E-state index contributed by atoms with van der Waals surface area (Å²) >= 11 is 0. The van der Waals surface area contributed by atoms with Gasteiger partial charge in [-0.15, -0.1) is 24.0 Å². The van der Waals surface area contributed by atoms with E-state index in [1.165, 1.54) is 12.8 Å². The fraction of sp³-hybridized carbons (Fsp3) is 0.944. The number of morpholine rings is 1. The molecular formula is C18H38IN5O. The van der Waals surface area contributed by atoms with Crippen LogP contribution in [0.2, 0.25) is 0 Å². The summed E-state index contributed by atoms with van der Waals surface area (Å²) in [6, 6.07) is 0.830. The maximum Gasteiger partial charge on any atom is 0.191 e. The zero-order valence-electron chi connectivity index (χ0n) is 16.5. The summed E-state index contributed by atoms with van der Waals surface area (Å²) in [6.07, 6.45) is 2.74. The summed E-state index contributed by atoms with van der Waals surface area (Å²) in [4.78, 5) is 9.88. The molecule has 2 rings (SSSR count). The summed E-state index contributed by atoms with van der Waals surface area (Å²) < 4.78 is 5.46. The number of ether oxygens (including phenoxy) is 1. The molecule has 25 heavy (non-hydrogen) atoms. The predicted molar refractivity (Wildman–Crippen MR) is 116 cm³/mol. The van der Waals surface area contributed by atoms with Crippen molar-refractivity contribution in [2.24, 2.45) is 4.99 Å². The quantitative estimate of drug-likeness (QED) is 0.308. The van der Waals surface area contributed by atoms with Crippen molar-refractivity contribution in [3.8, 4) is 0 Å². The third-order valence-electron chi connectivity index (χ3n) is 5.00. The Labute approximate surface area is 171 Å². The first-order valence-corrected chi connectivity index (χ1v) is 9.66. The lowest BCUT2D eigenvalue weighted by atomic mass is 10.0. The number of likely N-dealkylation sites (N-methyl/N-ethyl adjacent to an activating group) is 1. The molecule has 1 saturated heterocycles. The number of rotatable bonds is 9. The van der Waals surface area contributed by atoms with Crippen LogP contribution in [0.5, 0.6) is 0 Å². The van der Waals surface area contributed by atoms with Crippen LogP contribution in [0.25, 0.3) is 0 Å². The van der Waals surface area contributed by atoms with Crippen molar-refractivity contribution in [3.63, 3.8) is 0 Å². The molecule has 0 aromatic heterocycles. The minimum atomic E-state index is 0. The molecule has 1 heterocycles. The van der Waals surface area contributed by atoms with Crippen LogP contribution >= 0.6 is 24.0 Å². The molecule has 1 saturated carbocycles. The third-order valence-corrected chi connectivity index (χ3v) is 5.00. The number of aliphatic imine (C=N–C) groups is 1. The molecule has 2 N–H and O–H groups in total. The van der Waals surface area contributed by atoms with Gasteiger partial charge in [-0.2, -0.15) is 0 Å². The lowest BCUT2D eigenvalue weighted by Gasteiger charge is -2.39. The highest BCUT2D eigenvalue weighted by Gasteiger charge is 2.28. The molecule has 0 radical (unpaired) electrons. The van der Waals surface area contributed by atoms with Crippen LogP contribution in [0.3, 0.4) is 0 Å². The molecular weight excluding hydrogens is 429 g/mol. The van der Waals surface area contributed by atoms with Gasteiger partial charge < -0.3 is 15.4 Å². The Kier molecular flexibility index (Phi) is 10.6. The van der Waals surface area contributed by atoms with E-state index in [9.17, 15) is 0 Å². The van der Waals surface area contributed by atoms with Crippen LogP contribution in [-0.4, -0.2) is 86.4 Å². The van der Waals surface area contributed by atoms with Gasteiger partial charge in [0.05, 0.1) is 19.8 Å². The Bertz CT molecular complexity index is 395. The van der Waals surface area contributed by atoms with Gasteiger partial charge >= 0.3 is 0 Å². The molecule has 1 aliphatic heterocycles. The van der Waals surface area contributed by atoms with Crippen molar-refractivity contribution in [2.75, 3.05) is 59.0 Å². The molecule has 1 aliphatic carbocycles. The lowest BCUT2D eigenvalue weighted by molar-refractivity contribution is -0.00683. The van der Waals surface area contributed by atoms with E-state index in [2.05, 4.69) is 48.1 Å². The van der Waals surface area contributed by atoms with E-state index in [1.54, 1.807) is 0 Å². The highest BCUT2D eigenvalue weighted by molar-refractivity contribution is 14.0. The van der Waals surface area contributed by atoms with Gasteiger partial charge in [0.15, 0.2) is 5.96 Å². The second kappa shape index (κ2) is 11.6. The first kappa shape index (κ1) is 22.9. The number of nitrogens with zero attached hydrogens (tertiary/aromatic N) is 3. The van der Waals surface area contributed by atoms with Crippen molar-refractivity contribution in [1.82, 2.24) is 20.4 Å². The molecule has 2 aliphatic rings. The summed E-state index contributed by atoms with van der Waals surface area (Å²) in [6.45, 7) is 17.5. The zero-order chi connectivity index (χ0) is 17.4. The van der Waals surface area contributed by atoms with Crippen LogP contribution in [0.4, 0.5) is 0 Å². The summed E-state index contributed by atoms with van der Waals surface area (Å²) in [5.41, 5.74) is 0.0651. The van der Waals surface area contributed by atoms with Gasteiger partial charge in [-0.25, -0.2) is 0 Å². The van der Waals surface area contributed by atoms with Gasteiger partial charge in [0, 0.05) is 44.3 Å². The summed E-state index contributed by atoms with van der Waals surface area (Å²) in [5, 5.41) is 6.87. The SMILES string of the molecule is CCNC(=NCC(C)(C)N1CCOCC1)NCCN(CC)C1CC1.I. The highest BCUT2D eigenvalue weighted by Crippen LogP contribution is 2.25. The third kappa shape index (κ3) is 7.97. The van der Waals surface area contributed by atoms with E-state index in [-0.39, 0.29) is 29.5 Å². The molecule has 0 aromatic carbocycles. The maximum absolute atomic E-state index is 5.46. The Morgan fingerprint density at radius 1 is 1.20 bits per heavy atom. The zero-order valence-corrected chi connectivity index (χ0v) is 18.8. The second-order valence-electron chi connectivity index (χ2n) is 7.39. The largest absolute Gasteiger partial charge is 0.379 e. The average molecular weight is 467 g/mol. The molecule has 0 unspecified atom stereocenters. The Morgan fingerprint density at radius 3 is 2.44 bits per heavy atom. The number of hydrogen-bond acceptors (Lipinski definition) is 4. The standard InChI is InChI=1S/C18H37N5O.HI/c1-5-19-17(20-9-10-22(6-2)16-7-8-16)21-15-18(3,4)23-11-13-24-14-12-23;/h16H,5-15H2,1-4H3,(H2,19,20,21);1H. The van der Waals surface area contributed by atoms with E-state index in [1.807, 2.05) is 0 Å². The van der Waals surface area contributed by atoms with Gasteiger partial charge in [-0.1, -0.05) is 6.92 Å². The molecule has 0 aromatic rings. The average Bonchev–Trinajstić information content (AvgIpc) is 3.42. The topological polar surface area (TPSA) is 52.1 Å². The first-order chi connectivity index (χ1) is 11.6. The fourth-order valence-corrected chi connectivity index (χ4v) is 3.24. The van der Waals surface area contributed by atoms with Gasteiger partial charge in [-0.3, -0.25) is 14.8 Å². The molecule has 0 bridgehead atoms. The summed E-state index contributed by atoms with van der Waals surface area (Å²) in [7, 11) is 0. The van der Waals surface area contributed by atoms with E-state index >= 15 is 0 Å². The van der Waals surface area contributed by atoms with E-state index < -0.39 is 0 Å². The Balaban J connectivity index is 0.00000312. The molecule has 2 fully saturated rings. The lowest BCUT2D eigenvalue weighted by Crippen LogP contribution is -2.52. The Morgan fingerprint density at radius 2 is 1.88 bits per heavy atom. The van der Waals surface area contributed by atoms with Crippen molar-refractivity contribution >= 4 is 29.9 Å². The van der Waals surface area contributed by atoms with Crippen molar-refractivity contribution < 1.29 is 4.74 Å². The molecule has 0 atom stereocenters. The van der Waals surface area contributed by atoms with Crippen molar-refractivity contribution in [3.05, 3.63) is 0 Å². The molecule has 6 nitrogen and oxygen atoms in total. The molecule has 0 amide bonds. The first-order valence-electron chi connectivity index (χ1n) is 9.66. The van der Waals surface area contributed by atoms with Gasteiger partial charge in [0.1, 0.15) is 0 Å². The number of hydrogen-bond donors (Lipinski definition) is 2. The predicted octanol–water partition coefficient (Wildman–Crippen LogP) is 1.75. The van der Waals surface area contributed by atoms with Crippen molar-refractivity contribution in [2.45, 2.75) is 52.1 Å². The van der Waals surface area contributed by atoms with Crippen LogP contribution < -0.4 is 10.6 Å². The molecule has 0 spiro atoms. The fourth-order valence-electron chi connectivity index (χ4n) is 3.24. The van der Waals surface area contributed by atoms with E-state index in [0.29, 0.717) is 0 Å². The van der Waals surface area contributed by atoms with Gasteiger partial charge in [-0.05, 0) is 40.2 Å². The van der Waals surface area contributed by atoms with Crippen LogP contribution in [0, 0.1) is 0 Å². The van der Waals surface area contributed by atoms with Crippen LogP contribution in [0.1, 0.15) is 40.5 Å². The van der Waals surface area contributed by atoms with Gasteiger partial charge in [0.25, 0.3) is 0 Å². The van der Waals surface area contributed by atoms with E-state index in [4.69, 9.17) is 9.73 Å². The van der Waals surface area contributed by atoms with Gasteiger partial charge in [0.2, 0.25) is 0 Å². The molecule has 148 valence electrons. The normalized spacial score (nSPS) is 19.6. The monoisotopic (exact) mass is 467 g/mol. The number of nitrogens with one attached hydrogen (secondary N) is 2. The van der Waals surface area contributed by atoms with E-state index in [0.717, 1.165) is 71.0 Å². The van der Waals surface area contributed by atoms with Crippen LogP contribution in [0.15, 0.2) is 4.99 Å². The minimum absolute atomic E-state index is 0.